The number of carbonyl (C=O) groups is 2. The molecule has 0 saturated heterocycles. The highest BCUT2D eigenvalue weighted by molar-refractivity contribution is 9.10. The monoisotopic (exact) mass is 342 g/mol. The number of anilines is 1. The number of hydrogen-bond donors (Lipinski definition) is 2. The van der Waals surface area contributed by atoms with Gasteiger partial charge in [0.05, 0.1) is 7.11 Å². The normalized spacial score (nSPS) is 12.1. The van der Waals surface area contributed by atoms with Crippen LogP contribution in [0, 0.1) is 12.8 Å². The van der Waals surface area contributed by atoms with Crippen LogP contribution >= 0.6 is 15.9 Å². The minimum atomic E-state index is -0.688. The Morgan fingerprint density at radius 1 is 1.35 bits per heavy atom. The SMILES string of the molecule is COC(=O)C(NC(=O)c1cc(Br)cc(N)c1C)C(C)C. The van der Waals surface area contributed by atoms with E-state index in [0.29, 0.717) is 21.3 Å². The Hall–Kier alpha value is -1.56. The number of carbonyl (C=O) groups excluding carboxylic acids is 2. The molecule has 1 atom stereocenters. The number of hydrogen-bond acceptors (Lipinski definition) is 4. The van der Waals surface area contributed by atoms with Crippen LogP contribution in [0.1, 0.15) is 29.8 Å². The van der Waals surface area contributed by atoms with Crippen molar-refractivity contribution in [3.63, 3.8) is 0 Å². The number of halogens is 1. The van der Waals surface area contributed by atoms with Gasteiger partial charge in [0.2, 0.25) is 0 Å². The first-order valence-electron chi connectivity index (χ1n) is 6.22. The van der Waals surface area contributed by atoms with E-state index in [4.69, 9.17) is 10.5 Å². The van der Waals surface area contributed by atoms with Gasteiger partial charge in [0.15, 0.2) is 0 Å². The van der Waals surface area contributed by atoms with Crippen LogP contribution in [-0.2, 0) is 9.53 Å². The molecule has 1 amide bonds. The predicted octanol–water partition coefficient (Wildman–Crippen LogP) is 2.27. The largest absolute Gasteiger partial charge is 0.467 e. The molecule has 1 unspecified atom stereocenters. The van der Waals surface area contributed by atoms with Crippen LogP contribution < -0.4 is 11.1 Å². The lowest BCUT2D eigenvalue weighted by atomic mass is 10.0. The van der Waals surface area contributed by atoms with Gasteiger partial charge >= 0.3 is 5.97 Å². The summed E-state index contributed by atoms with van der Waals surface area (Å²) in [6, 6.07) is 2.72. The highest BCUT2D eigenvalue weighted by atomic mass is 79.9. The zero-order chi connectivity index (χ0) is 15.4. The molecule has 20 heavy (non-hydrogen) atoms. The fourth-order valence-electron chi connectivity index (χ4n) is 1.78. The van der Waals surface area contributed by atoms with Crippen molar-refractivity contribution in [3.05, 3.63) is 27.7 Å². The number of methoxy groups -OCH3 is 1. The van der Waals surface area contributed by atoms with E-state index in [1.807, 2.05) is 13.8 Å². The summed E-state index contributed by atoms with van der Waals surface area (Å²) >= 11 is 3.30. The van der Waals surface area contributed by atoms with Crippen molar-refractivity contribution >= 4 is 33.5 Å². The van der Waals surface area contributed by atoms with Crippen molar-refractivity contribution in [3.8, 4) is 0 Å². The van der Waals surface area contributed by atoms with Crippen LogP contribution in [0.25, 0.3) is 0 Å². The molecule has 0 fully saturated rings. The van der Waals surface area contributed by atoms with Gasteiger partial charge in [-0.1, -0.05) is 29.8 Å². The molecule has 1 rings (SSSR count). The molecule has 0 radical (unpaired) electrons. The Morgan fingerprint density at radius 2 is 1.95 bits per heavy atom. The predicted molar refractivity (Wildman–Crippen MR) is 81.4 cm³/mol. The number of nitrogens with one attached hydrogen (secondary N) is 1. The van der Waals surface area contributed by atoms with Crippen molar-refractivity contribution in [2.24, 2.45) is 5.92 Å². The topological polar surface area (TPSA) is 81.4 Å². The third-order valence-corrected chi connectivity index (χ3v) is 3.52. The summed E-state index contributed by atoms with van der Waals surface area (Å²) in [5.41, 5.74) is 7.47. The maximum Gasteiger partial charge on any atom is 0.328 e. The van der Waals surface area contributed by atoms with Gasteiger partial charge in [-0.3, -0.25) is 4.79 Å². The molecule has 1 aromatic rings. The lowest BCUT2D eigenvalue weighted by Crippen LogP contribution is -2.45. The number of benzene rings is 1. The van der Waals surface area contributed by atoms with Gasteiger partial charge in [-0.2, -0.15) is 0 Å². The molecule has 0 heterocycles. The summed E-state index contributed by atoms with van der Waals surface area (Å²) in [6.45, 7) is 5.44. The summed E-state index contributed by atoms with van der Waals surface area (Å²) in [5, 5.41) is 2.69. The van der Waals surface area contributed by atoms with Crippen LogP contribution in [0.2, 0.25) is 0 Å². The van der Waals surface area contributed by atoms with Gasteiger partial charge in [0, 0.05) is 15.7 Å². The van der Waals surface area contributed by atoms with E-state index in [0.717, 1.165) is 0 Å². The van der Waals surface area contributed by atoms with Crippen LogP contribution in [0.5, 0.6) is 0 Å². The molecule has 5 nitrogen and oxygen atoms in total. The number of esters is 1. The summed E-state index contributed by atoms with van der Waals surface area (Å²) < 4.78 is 5.41. The van der Waals surface area contributed by atoms with Crippen molar-refractivity contribution < 1.29 is 14.3 Å². The van der Waals surface area contributed by atoms with Crippen molar-refractivity contribution in [2.75, 3.05) is 12.8 Å². The van der Waals surface area contributed by atoms with E-state index in [2.05, 4.69) is 21.2 Å². The second-order valence-electron chi connectivity index (χ2n) is 4.89. The molecule has 1 aromatic carbocycles. The van der Waals surface area contributed by atoms with Gasteiger partial charge in [0.25, 0.3) is 5.91 Å². The van der Waals surface area contributed by atoms with Crippen LogP contribution in [0.15, 0.2) is 16.6 Å². The van der Waals surface area contributed by atoms with E-state index < -0.39 is 12.0 Å². The molecular formula is C14H19BrN2O3. The Bertz CT molecular complexity index is 529. The molecular weight excluding hydrogens is 324 g/mol. The minimum absolute atomic E-state index is 0.0730. The van der Waals surface area contributed by atoms with Gasteiger partial charge in [-0.25, -0.2) is 4.79 Å². The third kappa shape index (κ3) is 3.72. The number of nitrogens with two attached hydrogens (primary N) is 1. The summed E-state index contributed by atoms with van der Waals surface area (Å²) in [7, 11) is 1.30. The summed E-state index contributed by atoms with van der Waals surface area (Å²) in [4.78, 5) is 24.0. The quantitative estimate of drug-likeness (QED) is 0.649. The van der Waals surface area contributed by atoms with E-state index in [1.54, 1.807) is 19.1 Å². The number of amides is 1. The molecule has 0 saturated carbocycles. The average Bonchev–Trinajstić information content (AvgIpc) is 2.38. The Labute approximate surface area is 127 Å². The number of ether oxygens (including phenoxy) is 1. The molecule has 0 spiro atoms. The smallest absolute Gasteiger partial charge is 0.328 e. The maximum absolute atomic E-state index is 12.3. The maximum atomic E-state index is 12.3. The van der Waals surface area contributed by atoms with E-state index in [1.165, 1.54) is 7.11 Å². The number of nitrogen functional groups attached to an aromatic ring is 1. The highest BCUT2D eigenvalue weighted by Gasteiger charge is 2.26. The van der Waals surface area contributed by atoms with Crippen molar-refractivity contribution in [1.82, 2.24) is 5.32 Å². The molecule has 0 bridgehead atoms. The standard InChI is InChI=1S/C14H19BrN2O3/c1-7(2)12(14(19)20-4)17-13(18)10-5-9(15)6-11(16)8(10)3/h5-7,12H,16H2,1-4H3,(H,17,18). The highest BCUT2D eigenvalue weighted by Crippen LogP contribution is 2.23. The fraction of sp³-hybridized carbons (Fsp3) is 0.429. The Kier molecular flexibility index (Phi) is 5.56. The zero-order valence-corrected chi connectivity index (χ0v) is 13.6. The van der Waals surface area contributed by atoms with Gasteiger partial charge in [-0.15, -0.1) is 0 Å². The lowest BCUT2D eigenvalue weighted by molar-refractivity contribution is -0.144. The molecule has 0 aliphatic heterocycles. The van der Waals surface area contributed by atoms with Crippen molar-refractivity contribution in [1.29, 1.82) is 0 Å². The Morgan fingerprint density at radius 3 is 2.45 bits per heavy atom. The van der Waals surface area contributed by atoms with E-state index in [9.17, 15) is 9.59 Å². The minimum Gasteiger partial charge on any atom is -0.467 e. The zero-order valence-electron chi connectivity index (χ0n) is 12.0. The van der Waals surface area contributed by atoms with E-state index in [-0.39, 0.29) is 11.8 Å². The van der Waals surface area contributed by atoms with Crippen molar-refractivity contribution in [2.45, 2.75) is 26.8 Å². The molecule has 6 heteroatoms. The molecule has 0 aliphatic rings. The Balaban J connectivity index is 3.04. The lowest BCUT2D eigenvalue weighted by Gasteiger charge is -2.20. The molecule has 3 N–H and O–H groups in total. The first-order chi connectivity index (χ1) is 9.27. The van der Waals surface area contributed by atoms with Crippen LogP contribution in [0.4, 0.5) is 5.69 Å². The third-order valence-electron chi connectivity index (χ3n) is 3.07. The summed E-state index contributed by atoms with van der Waals surface area (Å²) in [6.07, 6.45) is 0. The van der Waals surface area contributed by atoms with Crippen LogP contribution in [-0.4, -0.2) is 25.0 Å². The fourth-order valence-corrected chi connectivity index (χ4v) is 2.26. The van der Waals surface area contributed by atoms with Gasteiger partial charge in [-0.05, 0) is 30.5 Å². The van der Waals surface area contributed by atoms with E-state index >= 15 is 0 Å². The van der Waals surface area contributed by atoms with Gasteiger partial charge < -0.3 is 15.8 Å². The first-order valence-corrected chi connectivity index (χ1v) is 7.01. The summed E-state index contributed by atoms with van der Waals surface area (Å²) in [5.74, 6) is -0.884. The van der Waals surface area contributed by atoms with Crippen LogP contribution in [0.3, 0.4) is 0 Å². The molecule has 0 aromatic heterocycles. The average molecular weight is 343 g/mol. The molecule has 110 valence electrons. The second-order valence-corrected chi connectivity index (χ2v) is 5.80. The number of rotatable bonds is 4. The first kappa shape index (κ1) is 16.5. The van der Waals surface area contributed by atoms with Gasteiger partial charge in [0.1, 0.15) is 6.04 Å². The second kappa shape index (κ2) is 6.74. The molecule has 0 aliphatic carbocycles.